The van der Waals surface area contributed by atoms with Crippen LogP contribution in [-0.2, 0) is 11.3 Å². The number of nitrogens with one attached hydrogen (secondary N) is 2. The zero-order valence-corrected chi connectivity index (χ0v) is 18.0. The third-order valence-electron chi connectivity index (χ3n) is 6.33. The maximum atomic E-state index is 12.4. The normalized spacial score (nSPS) is 18.9. The van der Waals surface area contributed by atoms with Crippen LogP contribution in [-0.4, -0.2) is 49.1 Å². The first-order chi connectivity index (χ1) is 14.7. The van der Waals surface area contributed by atoms with E-state index in [1.807, 2.05) is 6.92 Å². The Balaban J connectivity index is 1.24. The second kappa shape index (κ2) is 9.98. The number of piperazine rings is 1. The number of hydrogen-bond acceptors (Lipinski definition) is 4. The number of nitrogens with zero attached hydrogens (tertiary/aromatic N) is 2. The lowest BCUT2D eigenvalue weighted by atomic mass is 10.2. The van der Waals surface area contributed by atoms with Crippen LogP contribution in [0.4, 0.5) is 11.4 Å². The maximum Gasteiger partial charge on any atom is 0.242 e. The molecule has 5 heteroatoms. The van der Waals surface area contributed by atoms with Gasteiger partial charge >= 0.3 is 0 Å². The van der Waals surface area contributed by atoms with Gasteiger partial charge in [0.1, 0.15) is 6.04 Å². The molecule has 0 spiro atoms. The van der Waals surface area contributed by atoms with Crippen molar-refractivity contribution in [1.29, 1.82) is 0 Å². The third-order valence-corrected chi connectivity index (χ3v) is 6.33. The molecule has 1 saturated heterocycles. The fourth-order valence-corrected chi connectivity index (χ4v) is 4.49. The Labute approximate surface area is 180 Å². The van der Waals surface area contributed by atoms with Crippen LogP contribution < -0.4 is 15.5 Å². The molecule has 1 amide bonds. The van der Waals surface area contributed by atoms with Gasteiger partial charge in [0.15, 0.2) is 0 Å². The molecule has 5 nitrogen and oxygen atoms in total. The lowest BCUT2D eigenvalue weighted by molar-refractivity contribution is -0.122. The molecule has 0 bridgehead atoms. The van der Waals surface area contributed by atoms with E-state index in [1.54, 1.807) is 0 Å². The highest BCUT2D eigenvalue weighted by Crippen LogP contribution is 2.21. The fraction of sp³-hybridized carbons (Fsp3) is 0.480. The number of amides is 1. The van der Waals surface area contributed by atoms with Gasteiger partial charge in [0.05, 0.1) is 0 Å². The molecule has 1 heterocycles. The number of anilines is 2. The van der Waals surface area contributed by atoms with Gasteiger partial charge < -0.3 is 15.5 Å². The summed E-state index contributed by atoms with van der Waals surface area (Å²) in [5, 5.41) is 6.51. The van der Waals surface area contributed by atoms with Crippen molar-refractivity contribution in [2.45, 2.75) is 51.2 Å². The van der Waals surface area contributed by atoms with Crippen molar-refractivity contribution in [2.24, 2.45) is 0 Å². The van der Waals surface area contributed by atoms with Crippen molar-refractivity contribution < 1.29 is 4.79 Å². The molecule has 0 aromatic heterocycles. The van der Waals surface area contributed by atoms with Crippen molar-refractivity contribution in [3.05, 3.63) is 60.2 Å². The van der Waals surface area contributed by atoms with E-state index >= 15 is 0 Å². The highest BCUT2D eigenvalue weighted by atomic mass is 16.2. The first-order valence-electron chi connectivity index (χ1n) is 11.4. The highest BCUT2D eigenvalue weighted by molar-refractivity contribution is 5.84. The molecule has 1 saturated carbocycles. The van der Waals surface area contributed by atoms with E-state index in [9.17, 15) is 4.79 Å². The molecule has 0 radical (unpaired) electrons. The quantitative estimate of drug-likeness (QED) is 0.733. The van der Waals surface area contributed by atoms with Crippen LogP contribution in [0.3, 0.4) is 0 Å². The van der Waals surface area contributed by atoms with Gasteiger partial charge in [-0.15, -0.1) is 0 Å². The van der Waals surface area contributed by atoms with Gasteiger partial charge in [0, 0.05) is 50.1 Å². The summed E-state index contributed by atoms with van der Waals surface area (Å²) in [5.74, 6) is 0.0977. The van der Waals surface area contributed by atoms with Gasteiger partial charge in [-0.05, 0) is 49.6 Å². The summed E-state index contributed by atoms with van der Waals surface area (Å²) in [6.45, 7) is 7.20. The summed E-state index contributed by atoms with van der Waals surface area (Å²) in [4.78, 5) is 17.4. The first kappa shape index (κ1) is 20.7. The van der Waals surface area contributed by atoms with Crippen LogP contribution >= 0.6 is 0 Å². The van der Waals surface area contributed by atoms with Crippen LogP contribution in [0, 0.1) is 0 Å². The van der Waals surface area contributed by atoms with Crippen molar-refractivity contribution in [3.8, 4) is 0 Å². The molecule has 2 aromatic carbocycles. The van der Waals surface area contributed by atoms with E-state index in [0.29, 0.717) is 6.04 Å². The standard InChI is InChI=1S/C25H34N4O/c1-20(25(30)27-22-9-5-6-10-22)26-23-11-13-24(14-12-23)29-17-15-28(16-18-29)19-21-7-3-2-4-8-21/h2-4,7-8,11-14,20,22,26H,5-6,9-10,15-19H2,1H3,(H,27,30)/t20-/m1/s1. The Hall–Kier alpha value is -2.53. The third kappa shape index (κ3) is 5.54. The Morgan fingerprint density at radius 2 is 1.63 bits per heavy atom. The zero-order valence-electron chi connectivity index (χ0n) is 18.0. The number of benzene rings is 2. The Morgan fingerprint density at radius 1 is 0.967 bits per heavy atom. The predicted molar refractivity (Wildman–Crippen MR) is 124 cm³/mol. The minimum Gasteiger partial charge on any atom is -0.374 e. The molecule has 1 aliphatic heterocycles. The highest BCUT2D eigenvalue weighted by Gasteiger charge is 2.21. The second-order valence-corrected chi connectivity index (χ2v) is 8.65. The largest absolute Gasteiger partial charge is 0.374 e. The molecule has 4 rings (SSSR count). The smallest absolute Gasteiger partial charge is 0.242 e. The predicted octanol–water partition coefficient (Wildman–Crippen LogP) is 3.87. The van der Waals surface area contributed by atoms with Crippen molar-refractivity contribution in [2.75, 3.05) is 36.4 Å². The monoisotopic (exact) mass is 406 g/mol. The number of hydrogen-bond donors (Lipinski definition) is 2. The number of rotatable bonds is 7. The lowest BCUT2D eigenvalue weighted by Gasteiger charge is -2.36. The zero-order chi connectivity index (χ0) is 20.8. The topological polar surface area (TPSA) is 47.6 Å². The van der Waals surface area contributed by atoms with E-state index in [0.717, 1.165) is 51.3 Å². The molecule has 30 heavy (non-hydrogen) atoms. The minimum atomic E-state index is -0.224. The summed E-state index contributed by atoms with van der Waals surface area (Å²) >= 11 is 0. The summed E-state index contributed by atoms with van der Waals surface area (Å²) in [7, 11) is 0. The van der Waals surface area contributed by atoms with E-state index in [-0.39, 0.29) is 11.9 Å². The first-order valence-corrected chi connectivity index (χ1v) is 11.4. The molecule has 1 atom stereocenters. The summed E-state index contributed by atoms with van der Waals surface area (Å²) in [6.07, 6.45) is 4.70. The molecular formula is C25H34N4O. The minimum absolute atomic E-state index is 0.0977. The van der Waals surface area contributed by atoms with Crippen LogP contribution in [0.2, 0.25) is 0 Å². The second-order valence-electron chi connectivity index (χ2n) is 8.65. The van der Waals surface area contributed by atoms with Gasteiger partial charge in [-0.3, -0.25) is 9.69 Å². The van der Waals surface area contributed by atoms with E-state index in [4.69, 9.17) is 0 Å². The van der Waals surface area contributed by atoms with Gasteiger partial charge in [-0.2, -0.15) is 0 Å². The Morgan fingerprint density at radius 3 is 2.30 bits per heavy atom. The lowest BCUT2D eigenvalue weighted by Crippen LogP contribution is -2.46. The van der Waals surface area contributed by atoms with Gasteiger partial charge in [0.25, 0.3) is 0 Å². The summed E-state index contributed by atoms with van der Waals surface area (Å²) < 4.78 is 0. The van der Waals surface area contributed by atoms with Crippen molar-refractivity contribution in [1.82, 2.24) is 10.2 Å². The van der Waals surface area contributed by atoms with Gasteiger partial charge in [0.2, 0.25) is 5.91 Å². The van der Waals surface area contributed by atoms with Gasteiger partial charge in [-0.1, -0.05) is 43.2 Å². The average molecular weight is 407 g/mol. The average Bonchev–Trinajstić information content (AvgIpc) is 3.29. The van der Waals surface area contributed by atoms with Crippen LogP contribution in [0.25, 0.3) is 0 Å². The SMILES string of the molecule is C[C@@H](Nc1ccc(N2CCN(Cc3ccccc3)CC2)cc1)C(=O)NC1CCCC1. The van der Waals surface area contributed by atoms with E-state index in [1.165, 1.54) is 24.1 Å². The molecule has 2 aromatic rings. The maximum absolute atomic E-state index is 12.4. The van der Waals surface area contributed by atoms with Crippen LogP contribution in [0.5, 0.6) is 0 Å². The van der Waals surface area contributed by atoms with Crippen LogP contribution in [0.1, 0.15) is 38.2 Å². The molecule has 2 N–H and O–H groups in total. The fourth-order valence-electron chi connectivity index (χ4n) is 4.49. The van der Waals surface area contributed by atoms with Crippen molar-refractivity contribution in [3.63, 3.8) is 0 Å². The van der Waals surface area contributed by atoms with Crippen LogP contribution in [0.15, 0.2) is 54.6 Å². The Kier molecular flexibility index (Phi) is 6.90. The molecule has 1 aliphatic carbocycles. The van der Waals surface area contributed by atoms with E-state index < -0.39 is 0 Å². The molecule has 160 valence electrons. The van der Waals surface area contributed by atoms with Gasteiger partial charge in [-0.25, -0.2) is 0 Å². The Bertz CT molecular complexity index is 794. The van der Waals surface area contributed by atoms with Crippen molar-refractivity contribution >= 4 is 17.3 Å². The molecular weight excluding hydrogens is 372 g/mol. The summed E-state index contributed by atoms with van der Waals surface area (Å²) in [6, 6.07) is 19.3. The van der Waals surface area contributed by atoms with E-state index in [2.05, 4.69) is 75.0 Å². The molecule has 2 fully saturated rings. The molecule has 0 unspecified atom stereocenters. The number of carbonyl (C=O) groups is 1. The summed E-state index contributed by atoms with van der Waals surface area (Å²) in [5.41, 5.74) is 3.63. The molecule has 2 aliphatic rings. The number of carbonyl (C=O) groups excluding carboxylic acids is 1.